The number of thiophene rings is 1. The summed E-state index contributed by atoms with van der Waals surface area (Å²) >= 11 is 1.75. The Labute approximate surface area is 238 Å². The van der Waals surface area contributed by atoms with Gasteiger partial charge in [0.15, 0.2) is 5.65 Å². The van der Waals surface area contributed by atoms with Gasteiger partial charge in [-0.3, -0.25) is 10.1 Å². The predicted molar refractivity (Wildman–Crippen MR) is 168 cm³/mol. The molecule has 0 unspecified atom stereocenters. The normalized spacial score (nSPS) is 14.2. The summed E-state index contributed by atoms with van der Waals surface area (Å²) in [5.74, 6) is 0.532. The molecule has 6 nitrogen and oxygen atoms in total. The van der Waals surface area contributed by atoms with E-state index in [0.29, 0.717) is 11.6 Å². The highest BCUT2D eigenvalue weighted by molar-refractivity contribution is 7.15. The van der Waals surface area contributed by atoms with E-state index in [-0.39, 0.29) is 0 Å². The van der Waals surface area contributed by atoms with Gasteiger partial charge < -0.3 is 10.3 Å². The Morgan fingerprint density at radius 3 is 2.62 bits per heavy atom. The molecule has 40 heavy (non-hydrogen) atoms. The van der Waals surface area contributed by atoms with Crippen LogP contribution in [0.3, 0.4) is 0 Å². The Morgan fingerprint density at radius 2 is 1.88 bits per heavy atom. The van der Waals surface area contributed by atoms with Gasteiger partial charge >= 0.3 is 0 Å². The van der Waals surface area contributed by atoms with Crippen molar-refractivity contribution in [3.63, 3.8) is 0 Å². The lowest BCUT2D eigenvalue weighted by Crippen LogP contribution is -2.17. The number of aromatic nitrogens is 5. The van der Waals surface area contributed by atoms with E-state index in [1.54, 1.807) is 11.3 Å². The highest BCUT2D eigenvalue weighted by Crippen LogP contribution is 2.36. The first-order chi connectivity index (χ1) is 19.4. The lowest BCUT2D eigenvalue weighted by atomic mass is 10.0. The van der Waals surface area contributed by atoms with Crippen LogP contribution in [0.15, 0.2) is 85.0 Å². The summed E-state index contributed by atoms with van der Waals surface area (Å²) in [6, 6.07) is 10.5. The fourth-order valence-electron chi connectivity index (χ4n) is 5.48. The van der Waals surface area contributed by atoms with Gasteiger partial charge in [0.2, 0.25) is 0 Å². The Hall–Kier alpha value is -4.23. The number of rotatable bonds is 8. The molecule has 0 amide bonds. The van der Waals surface area contributed by atoms with E-state index in [4.69, 9.17) is 4.98 Å². The Bertz CT molecular complexity index is 1800. The van der Waals surface area contributed by atoms with Crippen LogP contribution in [0, 0.1) is 12.8 Å². The first-order valence-electron chi connectivity index (χ1n) is 13.8. The minimum absolute atomic E-state index is 0.532. The topological polar surface area (TPSA) is 82.3 Å². The third-order valence-corrected chi connectivity index (χ3v) is 8.51. The van der Waals surface area contributed by atoms with Gasteiger partial charge in [-0.15, -0.1) is 11.3 Å². The molecule has 5 aromatic heterocycles. The van der Waals surface area contributed by atoms with E-state index in [1.165, 1.54) is 36.1 Å². The number of nitrogens with one attached hydrogen (secondary N) is 3. The zero-order valence-corrected chi connectivity index (χ0v) is 24.1. The van der Waals surface area contributed by atoms with Crippen LogP contribution < -0.4 is 5.32 Å². The molecule has 0 radical (unpaired) electrons. The van der Waals surface area contributed by atoms with Crippen molar-refractivity contribution in [1.29, 1.82) is 0 Å². The van der Waals surface area contributed by atoms with E-state index in [1.807, 2.05) is 18.5 Å². The largest absolute Gasteiger partial charge is 0.359 e. The van der Waals surface area contributed by atoms with Gasteiger partial charge in [-0.25, -0.2) is 4.98 Å². The average Bonchev–Trinajstić information content (AvgIpc) is 3.73. The molecule has 0 aromatic carbocycles. The maximum Gasteiger partial charge on any atom is 0.181 e. The lowest BCUT2D eigenvalue weighted by molar-refractivity contribution is 0.607. The fourth-order valence-corrected chi connectivity index (χ4v) is 6.36. The second-order valence-corrected chi connectivity index (χ2v) is 12.2. The number of nitrogens with zero attached hydrogens (tertiary/aromatic N) is 3. The van der Waals surface area contributed by atoms with Crippen molar-refractivity contribution in [3.8, 4) is 22.0 Å². The summed E-state index contributed by atoms with van der Waals surface area (Å²) in [4.78, 5) is 15.3. The van der Waals surface area contributed by atoms with E-state index < -0.39 is 0 Å². The van der Waals surface area contributed by atoms with E-state index in [2.05, 4.69) is 95.8 Å². The van der Waals surface area contributed by atoms with Crippen molar-refractivity contribution in [2.24, 2.45) is 5.92 Å². The quantitative estimate of drug-likeness (QED) is 0.170. The van der Waals surface area contributed by atoms with Crippen molar-refractivity contribution in [2.75, 3.05) is 0 Å². The average molecular weight is 547 g/mol. The number of aryl methyl sites for hydroxylation is 1. The second kappa shape index (κ2) is 10.7. The Balaban J connectivity index is 1.34. The molecule has 1 fully saturated rings. The zero-order valence-electron chi connectivity index (χ0n) is 23.3. The van der Waals surface area contributed by atoms with E-state index >= 15 is 0 Å². The van der Waals surface area contributed by atoms with Crippen LogP contribution in [0.4, 0.5) is 0 Å². The van der Waals surface area contributed by atoms with Crippen LogP contribution in [0.25, 0.3) is 49.5 Å². The van der Waals surface area contributed by atoms with Crippen molar-refractivity contribution in [1.82, 2.24) is 30.5 Å². The molecule has 7 heteroatoms. The standard InChI is InChI=1S/C33H34N6S/c1-19(2)14-25(36-22(5)23-8-6-7-9-23)15-20(3)24-16-27-31(38-39-33(27)35-18-24)29-17-26-28(37-29)12-13-34-32(26)30-11-10-21(4)40-30/h10-18,23,36-37H,3,5-9H2,1-2,4H3,(H,35,38,39)/b25-15+. The smallest absolute Gasteiger partial charge is 0.181 e. The summed E-state index contributed by atoms with van der Waals surface area (Å²) in [6.07, 6.45) is 12.9. The molecule has 0 spiro atoms. The number of hydrogen-bond donors (Lipinski definition) is 3. The van der Waals surface area contributed by atoms with Gasteiger partial charge in [-0.1, -0.05) is 31.6 Å². The van der Waals surface area contributed by atoms with Crippen LogP contribution in [-0.4, -0.2) is 25.1 Å². The third kappa shape index (κ3) is 5.17. The number of fused-ring (bicyclic) bond motifs is 2. The molecule has 0 saturated heterocycles. The molecule has 1 saturated carbocycles. The number of pyridine rings is 2. The number of H-pyrrole nitrogens is 2. The van der Waals surface area contributed by atoms with E-state index in [9.17, 15) is 0 Å². The molecular weight excluding hydrogens is 512 g/mol. The number of allylic oxidation sites excluding steroid dienone is 5. The van der Waals surface area contributed by atoms with Gasteiger partial charge in [-0.05, 0) is 87.6 Å². The summed E-state index contributed by atoms with van der Waals surface area (Å²) in [5.41, 5.74) is 9.62. The van der Waals surface area contributed by atoms with Crippen LogP contribution in [0.5, 0.6) is 0 Å². The van der Waals surface area contributed by atoms with Gasteiger partial charge in [0.05, 0.1) is 22.0 Å². The summed E-state index contributed by atoms with van der Waals surface area (Å²) in [6.45, 7) is 15.1. The van der Waals surface area contributed by atoms with Crippen molar-refractivity contribution in [2.45, 2.75) is 46.5 Å². The summed E-state index contributed by atoms with van der Waals surface area (Å²) in [7, 11) is 0. The maximum absolute atomic E-state index is 4.70. The molecule has 202 valence electrons. The third-order valence-electron chi connectivity index (χ3n) is 7.50. The zero-order chi connectivity index (χ0) is 27.8. The summed E-state index contributed by atoms with van der Waals surface area (Å²) in [5, 5.41) is 13.3. The molecule has 6 rings (SSSR count). The fraction of sp³-hybridized carbons (Fsp3) is 0.242. The molecular formula is C33H34N6S. The van der Waals surface area contributed by atoms with Crippen LogP contribution in [0.1, 0.15) is 50.0 Å². The van der Waals surface area contributed by atoms with Gasteiger partial charge in [0, 0.05) is 50.5 Å². The van der Waals surface area contributed by atoms with Crippen LogP contribution in [-0.2, 0) is 0 Å². The molecule has 0 aliphatic heterocycles. The molecule has 5 heterocycles. The van der Waals surface area contributed by atoms with Gasteiger partial charge in [0.25, 0.3) is 0 Å². The van der Waals surface area contributed by atoms with Crippen molar-refractivity contribution < 1.29 is 0 Å². The Morgan fingerprint density at radius 1 is 1.05 bits per heavy atom. The number of hydrogen-bond acceptors (Lipinski definition) is 5. The van der Waals surface area contributed by atoms with Crippen molar-refractivity contribution >= 4 is 38.8 Å². The van der Waals surface area contributed by atoms with Gasteiger partial charge in [-0.2, -0.15) is 5.10 Å². The van der Waals surface area contributed by atoms with Gasteiger partial charge in [0.1, 0.15) is 0 Å². The monoisotopic (exact) mass is 546 g/mol. The molecule has 0 bridgehead atoms. The minimum atomic E-state index is 0.532. The summed E-state index contributed by atoms with van der Waals surface area (Å²) < 4.78 is 0. The van der Waals surface area contributed by atoms with Crippen LogP contribution >= 0.6 is 11.3 Å². The minimum Gasteiger partial charge on any atom is -0.359 e. The molecule has 1 aliphatic carbocycles. The first kappa shape index (κ1) is 26.0. The molecule has 0 atom stereocenters. The lowest BCUT2D eigenvalue weighted by Gasteiger charge is -2.17. The number of aromatic amines is 2. The first-order valence-corrected chi connectivity index (χ1v) is 14.6. The molecule has 5 aromatic rings. The maximum atomic E-state index is 4.70. The van der Waals surface area contributed by atoms with Crippen molar-refractivity contribution in [3.05, 3.63) is 95.4 Å². The SMILES string of the molecule is C=C(/C=C(\C=C(C)C)NC(=C)C1CCCC1)c1cnc2n[nH]c(-c3cc4c(-c5ccc(C)s5)nccc4[nH]3)c2c1. The van der Waals surface area contributed by atoms with Crippen LogP contribution in [0.2, 0.25) is 0 Å². The highest BCUT2D eigenvalue weighted by atomic mass is 32.1. The van der Waals surface area contributed by atoms with E-state index in [0.717, 1.165) is 60.8 Å². The molecule has 3 N–H and O–H groups in total. The Kier molecular flexibility index (Phi) is 6.98. The molecule has 1 aliphatic rings. The second-order valence-electron chi connectivity index (χ2n) is 10.9. The highest BCUT2D eigenvalue weighted by Gasteiger charge is 2.19. The predicted octanol–water partition coefficient (Wildman–Crippen LogP) is 8.69.